The van der Waals surface area contributed by atoms with Crippen molar-refractivity contribution in [2.24, 2.45) is 5.73 Å². The Balaban J connectivity index is 2.34. The fraction of sp³-hybridized carbons (Fsp3) is 0.500. The maximum Gasteiger partial charge on any atom is 0.180 e. The van der Waals surface area contributed by atoms with Gasteiger partial charge in [-0.15, -0.1) is 0 Å². The molecule has 0 aliphatic carbocycles. The van der Waals surface area contributed by atoms with Crippen LogP contribution in [0.3, 0.4) is 0 Å². The summed E-state index contributed by atoms with van der Waals surface area (Å²) in [7, 11) is 0. The zero-order valence-corrected chi connectivity index (χ0v) is 10.3. The molecule has 0 atom stereocenters. The van der Waals surface area contributed by atoms with E-state index in [-0.39, 0.29) is 5.54 Å². The van der Waals surface area contributed by atoms with Crippen LogP contribution in [0.15, 0.2) is 12.1 Å². The van der Waals surface area contributed by atoms with E-state index in [9.17, 15) is 0 Å². The van der Waals surface area contributed by atoms with Crippen LogP contribution >= 0.6 is 11.6 Å². The third-order valence-electron chi connectivity index (χ3n) is 2.37. The van der Waals surface area contributed by atoms with E-state index in [1.807, 2.05) is 26.0 Å². The number of fused-ring (bicyclic) bond motifs is 1. The van der Waals surface area contributed by atoms with Gasteiger partial charge in [0.15, 0.2) is 11.5 Å². The molecule has 0 amide bonds. The molecule has 1 aliphatic rings. The van der Waals surface area contributed by atoms with Crippen LogP contribution in [-0.4, -0.2) is 18.8 Å². The van der Waals surface area contributed by atoms with Gasteiger partial charge in [0.1, 0.15) is 13.2 Å². The summed E-state index contributed by atoms with van der Waals surface area (Å²) in [5, 5.41) is 0.621. The molecule has 1 aromatic carbocycles. The van der Waals surface area contributed by atoms with Crippen LogP contribution in [0.1, 0.15) is 19.4 Å². The fourth-order valence-electron chi connectivity index (χ4n) is 1.75. The number of hydrogen-bond acceptors (Lipinski definition) is 3. The SMILES string of the molecule is CC(C)(N)Cc1ccc2c(c1Cl)OCCO2. The van der Waals surface area contributed by atoms with Crippen LogP contribution in [0, 0.1) is 0 Å². The van der Waals surface area contributed by atoms with E-state index in [0.717, 1.165) is 11.3 Å². The number of hydrogen-bond donors (Lipinski definition) is 1. The molecule has 1 heterocycles. The average Bonchev–Trinajstić information content (AvgIpc) is 2.21. The topological polar surface area (TPSA) is 44.5 Å². The summed E-state index contributed by atoms with van der Waals surface area (Å²) < 4.78 is 11.0. The molecule has 1 aromatic rings. The Labute approximate surface area is 100 Å². The largest absolute Gasteiger partial charge is 0.486 e. The van der Waals surface area contributed by atoms with Gasteiger partial charge >= 0.3 is 0 Å². The fourth-order valence-corrected chi connectivity index (χ4v) is 2.03. The molecule has 1 aliphatic heterocycles. The smallest absolute Gasteiger partial charge is 0.180 e. The molecule has 4 heteroatoms. The zero-order valence-electron chi connectivity index (χ0n) is 9.55. The van der Waals surface area contributed by atoms with Crippen LogP contribution in [0.25, 0.3) is 0 Å². The lowest BCUT2D eigenvalue weighted by Crippen LogP contribution is -2.34. The van der Waals surface area contributed by atoms with Gasteiger partial charge in [-0.05, 0) is 31.9 Å². The highest BCUT2D eigenvalue weighted by Crippen LogP contribution is 2.40. The first kappa shape index (κ1) is 11.6. The molecule has 0 fully saturated rings. The normalized spacial score (nSPS) is 15.0. The first-order valence-electron chi connectivity index (χ1n) is 5.33. The van der Waals surface area contributed by atoms with Crippen molar-refractivity contribution < 1.29 is 9.47 Å². The molecular weight excluding hydrogens is 226 g/mol. The molecule has 2 N–H and O–H groups in total. The average molecular weight is 242 g/mol. The quantitative estimate of drug-likeness (QED) is 0.865. The van der Waals surface area contributed by atoms with Crippen LogP contribution in [0.2, 0.25) is 5.02 Å². The minimum Gasteiger partial charge on any atom is -0.486 e. The summed E-state index contributed by atoms with van der Waals surface area (Å²) in [4.78, 5) is 0. The predicted octanol–water partition coefficient (Wildman–Crippen LogP) is 2.39. The Hall–Kier alpha value is -0.930. The molecule has 0 radical (unpaired) electrons. The van der Waals surface area contributed by atoms with Crippen LogP contribution < -0.4 is 15.2 Å². The van der Waals surface area contributed by atoms with E-state index in [4.69, 9.17) is 26.8 Å². The van der Waals surface area contributed by atoms with E-state index in [1.54, 1.807) is 0 Å². The summed E-state index contributed by atoms with van der Waals surface area (Å²) in [6.45, 7) is 5.06. The third kappa shape index (κ3) is 2.42. The van der Waals surface area contributed by atoms with Gasteiger partial charge in [0.25, 0.3) is 0 Å². The number of nitrogens with two attached hydrogens (primary N) is 1. The lowest BCUT2D eigenvalue weighted by molar-refractivity contribution is 0.171. The van der Waals surface area contributed by atoms with Crippen LogP contribution in [-0.2, 0) is 6.42 Å². The molecule has 88 valence electrons. The van der Waals surface area contributed by atoms with Crippen LogP contribution in [0.5, 0.6) is 11.5 Å². The molecule has 0 bridgehead atoms. The Bertz CT molecular complexity index is 399. The second kappa shape index (κ2) is 4.15. The number of benzene rings is 1. The van der Waals surface area contributed by atoms with Gasteiger partial charge in [0.2, 0.25) is 0 Å². The van der Waals surface area contributed by atoms with Crippen LogP contribution in [0.4, 0.5) is 0 Å². The molecule has 0 spiro atoms. The zero-order chi connectivity index (χ0) is 11.8. The maximum atomic E-state index is 6.27. The van der Waals surface area contributed by atoms with Crippen molar-refractivity contribution in [2.75, 3.05) is 13.2 Å². The molecule has 2 rings (SSSR count). The Morgan fingerprint density at radius 3 is 2.69 bits per heavy atom. The van der Waals surface area contributed by atoms with E-state index >= 15 is 0 Å². The Morgan fingerprint density at radius 2 is 2.00 bits per heavy atom. The number of ether oxygens (including phenoxy) is 2. The van der Waals surface area contributed by atoms with Gasteiger partial charge < -0.3 is 15.2 Å². The minimum absolute atomic E-state index is 0.284. The van der Waals surface area contributed by atoms with Crippen molar-refractivity contribution in [1.82, 2.24) is 0 Å². The summed E-state index contributed by atoms with van der Waals surface area (Å²) in [5.41, 5.74) is 6.70. The summed E-state index contributed by atoms with van der Waals surface area (Å²) >= 11 is 6.27. The second-order valence-corrected chi connectivity index (χ2v) is 5.11. The second-order valence-electron chi connectivity index (χ2n) is 4.73. The Morgan fingerprint density at radius 1 is 1.31 bits per heavy atom. The van der Waals surface area contributed by atoms with Crippen molar-refractivity contribution in [3.05, 3.63) is 22.7 Å². The van der Waals surface area contributed by atoms with E-state index < -0.39 is 0 Å². The van der Waals surface area contributed by atoms with Gasteiger partial charge in [-0.1, -0.05) is 17.7 Å². The minimum atomic E-state index is -0.284. The van der Waals surface area contributed by atoms with Gasteiger partial charge in [0.05, 0.1) is 5.02 Å². The number of rotatable bonds is 2. The molecular formula is C12H16ClNO2. The lowest BCUT2D eigenvalue weighted by Gasteiger charge is -2.23. The molecule has 0 saturated heterocycles. The summed E-state index contributed by atoms with van der Waals surface area (Å²) in [5.74, 6) is 1.37. The standard InChI is InChI=1S/C12H16ClNO2/c1-12(2,14)7-8-3-4-9-11(10(8)13)16-6-5-15-9/h3-4H,5-7,14H2,1-2H3. The van der Waals surface area contributed by atoms with Gasteiger partial charge in [-0.25, -0.2) is 0 Å². The highest BCUT2D eigenvalue weighted by molar-refractivity contribution is 6.33. The molecule has 16 heavy (non-hydrogen) atoms. The van der Waals surface area contributed by atoms with Crippen molar-refractivity contribution in [3.63, 3.8) is 0 Å². The van der Waals surface area contributed by atoms with Crippen molar-refractivity contribution in [1.29, 1.82) is 0 Å². The van der Waals surface area contributed by atoms with E-state index in [1.165, 1.54) is 0 Å². The van der Waals surface area contributed by atoms with Crippen molar-refractivity contribution in [2.45, 2.75) is 25.8 Å². The first-order valence-corrected chi connectivity index (χ1v) is 5.71. The molecule has 0 unspecified atom stereocenters. The lowest BCUT2D eigenvalue weighted by atomic mass is 9.96. The highest BCUT2D eigenvalue weighted by Gasteiger charge is 2.21. The Kier molecular flexibility index (Phi) is 3.00. The van der Waals surface area contributed by atoms with E-state index in [0.29, 0.717) is 30.4 Å². The van der Waals surface area contributed by atoms with Gasteiger partial charge in [0, 0.05) is 5.54 Å². The highest BCUT2D eigenvalue weighted by atomic mass is 35.5. The third-order valence-corrected chi connectivity index (χ3v) is 2.79. The van der Waals surface area contributed by atoms with E-state index in [2.05, 4.69) is 0 Å². The predicted molar refractivity (Wildman–Crippen MR) is 64.4 cm³/mol. The van der Waals surface area contributed by atoms with Gasteiger partial charge in [-0.2, -0.15) is 0 Å². The first-order chi connectivity index (χ1) is 7.47. The maximum absolute atomic E-state index is 6.27. The van der Waals surface area contributed by atoms with Crippen molar-refractivity contribution >= 4 is 11.6 Å². The van der Waals surface area contributed by atoms with Gasteiger partial charge in [-0.3, -0.25) is 0 Å². The summed E-state index contributed by atoms with van der Waals surface area (Å²) in [6.07, 6.45) is 0.711. The molecule has 0 aromatic heterocycles. The summed E-state index contributed by atoms with van der Waals surface area (Å²) in [6, 6.07) is 3.84. The molecule has 3 nitrogen and oxygen atoms in total. The molecule has 0 saturated carbocycles. The monoisotopic (exact) mass is 241 g/mol. The number of halogens is 1. The van der Waals surface area contributed by atoms with Crippen molar-refractivity contribution in [3.8, 4) is 11.5 Å².